The Kier molecular flexibility index (Phi) is 7.31. The zero-order valence-electron chi connectivity index (χ0n) is 21.1. The van der Waals surface area contributed by atoms with Crippen molar-refractivity contribution in [3.05, 3.63) is 28.1 Å². The highest BCUT2D eigenvalue weighted by atomic mass is 19.4. The average Bonchev–Trinajstić information content (AvgIpc) is 3.17. The highest BCUT2D eigenvalue weighted by Gasteiger charge is 2.31. The summed E-state index contributed by atoms with van der Waals surface area (Å²) >= 11 is 0. The summed E-state index contributed by atoms with van der Waals surface area (Å²) in [6.07, 6.45) is -2.70. The van der Waals surface area contributed by atoms with Gasteiger partial charge in [-0.25, -0.2) is 9.78 Å². The van der Waals surface area contributed by atoms with Gasteiger partial charge in [-0.05, 0) is 56.7 Å². The maximum atomic E-state index is 12.8. The molecule has 2 N–H and O–H groups in total. The van der Waals surface area contributed by atoms with Crippen molar-refractivity contribution in [2.45, 2.75) is 79.3 Å². The van der Waals surface area contributed by atoms with Gasteiger partial charge < -0.3 is 19.8 Å². The summed E-state index contributed by atoms with van der Waals surface area (Å²) in [6.45, 7) is 12.1. The second-order valence-electron chi connectivity index (χ2n) is 10.6. The topological polar surface area (TPSA) is 102 Å². The molecule has 0 fully saturated rings. The SMILES string of the molecule is Cc1cc(-c2nnc(CNC(=O)OC(C)(C)C)o2)nc2c1=CC(NCC(F)(F)F)CC=2C(C)(C)C. The van der Waals surface area contributed by atoms with E-state index < -0.39 is 30.5 Å². The first-order chi connectivity index (χ1) is 16.0. The van der Waals surface area contributed by atoms with Crippen LogP contribution in [-0.4, -0.2) is 45.6 Å². The normalized spacial score (nSPS) is 16.5. The molecule has 1 aliphatic carbocycles. The zero-order chi connectivity index (χ0) is 26.2. The second kappa shape index (κ2) is 9.60. The van der Waals surface area contributed by atoms with Crippen molar-refractivity contribution in [2.24, 2.45) is 5.41 Å². The molecule has 0 saturated carbocycles. The first-order valence-corrected chi connectivity index (χ1v) is 11.3. The van der Waals surface area contributed by atoms with E-state index in [9.17, 15) is 18.0 Å². The van der Waals surface area contributed by atoms with Gasteiger partial charge in [-0.1, -0.05) is 26.8 Å². The average molecular weight is 496 g/mol. The number of fused-ring (bicyclic) bond motifs is 1. The zero-order valence-corrected chi connectivity index (χ0v) is 21.1. The number of hydrogen-bond donors (Lipinski definition) is 2. The fourth-order valence-electron chi connectivity index (χ4n) is 3.74. The van der Waals surface area contributed by atoms with E-state index in [1.54, 1.807) is 32.9 Å². The molecule has 1 atom stereocenters. The highest BCUT2D eigenvalue weighted by Crippen LogP contribution is 2.31. The summed E-state index contributed by atoms with van der Waals surface area (Å²) in [5.41, 5.74) is 1.27. The summed E-state index contributed by atoms with van der Waals surface area (Å²) in [5.74, 6) is 0.369. The van der Waals surface area contributed by atoms with Gasteiger partial charge in [-0.15, -0.1) is 10.2 Å². The molecule has 1 aliphatic rings. The van der Waals surface area contributed by atoms with Gasteiger partial charge in [0.2, 0.25) is 5.89 Å². The van der Waals surface area contributed by atoms with Crippen molar-refractivity contribution in [2.75, 3.05) is 6.54 Å². The predicted molar refractivity (Wildman–Crippen MR) is 124 cm³/mol. The van der Waals surface area contributed by atoms with Crippen LogP contribution in [0.15, 0.2) is 10.5 Å². The molecular weight excluding hydrogens is 463 g/mol. The van der Waals surface area contributed by atoms with Crippen molar-refractivity contribution in [1.29, 1.82) is 0 Å². The fourth-order valence-corrected chi connectivity index (χ4v) is 3.74. The molecule has 2 heterocycles. The third kappa shape index (κ3) is 7.27. The van der Waals surface area contributed by atoms with Crippen molar-refractivity contribution >= 4 is 17.7 Å². The van der Waals surface area contributed by atoms with Gasteiger partial charge in [-0.3, -0.25) is 0 Å². The molecule has 0 radical (unpaired) electrons. The Morgan fingerprint density at radius 1 is 1.17 bits per heavy atom. The Hall–Kier alpha value is -2.95. The monoisotopic (exact) mass is 495 g/mol. The summed E-state index contributed by atoms with van der Waals surface area (Å²) in [7, 11) is 0. The number of ether oxygens (including phenoxy) is 1. The number of nitrogens with zero attached hydrogens (tertiary/aromatic N) is 3. The van der Waals surface area contributed by atoms with Crippen molar-refractivity contribution in [3.8, 4) is 11.6 Å². The van der Waals surface area contributed by atoms with Crippen molar-refractivity contribution in [1.82, 2.24) is 25.8 Å². The molecular formula is C24H32F3N5O3. The molecule has 0 bridgehead atoms. The largest absolute Gasteiger partial charge is 0.444 e. The third-order valence-corrected chi connectivity index (χ3v) is 5.28. The van der Waals surface area contributed by atoms with Crippen LogP contribution in [0.5, 0.6) is 0 Å². The van der Waals surface area contributed by atoms with E-state index in [0.717, 1.165) is 16.4 Å². The number of nitrogens with one attached hydrogen (secondary N) is 2. The van der Waals surface area contributed by atoms with Gasteiger partial charge in [0.25, 0.3) is 5.89 Å². The Morgan fingerprint density at radius 2 is 1.86 bits per heavy atom. The lowest BCUT2D eigenvalue weighted by molar-refractivity contribution is -0.125. The smallest absolute Gasteiger partial charge is 0.408 e. The van der Waals surface area contributed by atoms with Gasteiger partial charge in [0, 0.05) is 11.3 Å². The Labute approximate surface area is 202 Å². The molecule has 0 spiro atoms. The molecule has 1 amide bonds. The standard InChI is InChI=1S/C24H32F3N5O3/c1-13-8-17(20-32-31-18(34-20)11-28-21(33)35-23(5,6)7)30-19-15(13)9-14(29-12-24(25,26)27)10-16(19)22(2,3)4/h8-9,14,29H,10-12H2,1-7H3,(H,28,33). The molecule has 2 aromatic heterocycles. The number of aryl methyl sites for hydroxylation is 1. The lowest BCUT2D eigenvalue weighted by Crippen LogP contribution is -2.46. The van der Waals surface area contributed by atoms with Crippen LogP contribution < -0.4 is 21.2 Å². The minimum Gasteiger partial charge on any atom is -0.444 e. The van der Waals surface area contributed by atoms with Crippen LogP contribution in [0.1, 0.15) is 59.4 Å². The molecule has 2 aromatic rings. The van der Waals surface area contributed by atoms with Crippen LogP contribution >= 0.6 is 0 Å². The van der Waals surface area contributed by atoms with Gasteiger partial charge in [0.1, 0.15) is 11.3 Å². The fraction of sp³-hybridized carbons (Fsp3) is 0.583. The van der Waals surface area contributed by atoms with Crippen LogP contribution in [-0.2, 0) is 11.3 Å². The number of aromatic nitrogens is 3. The van der Waals surface area contributed by atoms with Gasteiger partial charge >= 0.3 is 12.3 Å². The molecule has 11 heteroatoms. The molecule has 0 aromatic carbocycles. The lowest BCUT2D eigenvalue weighted by Gasteiger charge is -2.29. The number of carbonyl (C=O) groups is 1. The first kappa shape index (κ1) is 26.7. The van der Waals surface area contributed by atoms with Crippen LogP contribution in [0.3, 0.4) is 0 Å². The van der Waals surface area contributed by atoms with E-state index in [2.05, 4.69) is 20.8 Å². The highest BCUT2D eigenvalue weighted by molar-refractivity contribution is 5.67. The van der Waals surface area contributed by atoms with E-state index >= 15 is 0 Å². The number of hydrogen-bond acceptors (Lipinski definition) is 7. The summed E-state index contributed by atoms with van der Waals surface area (Å²) < 4.78 is 49.2. The molecule has 0 aliphatic heterocycles. The molecule has 35 heavy (non-hydrogen) atoms. The number of rotatable bonds is 5. The van der Waals surface area contributed by atoms with Crippen LogP contribution in [0.4, 0.5) is 18.0 Å². The van der Waals surface area contributed by atoms with E-state index in [0.29, 0.717) is 17.5 Å². The van der Waals surface area contributed by atoms with Crippen molar-refractivity contribution < 1.29 is 27.1 Å². The molecule has 3 rings (SSSR count). The predicted octanol–water partition coefficient (Wildman–Crippen LogP) is 3.37. The number of halogens is 3. The van der Waals surface area contributed by atoms with Crippen LogP contribution in [0, 0.1) is 12.3 Å². The maximum absolute atomic E-state index is 12.8. The summed E-state index contributed by atoms with van der Waals surface area (Å²) in [5, 5.41) is 14.7. The van der Waals surface area contributed by atoms with E-state index in [-0.39, 0.29) is 23.7 Å². The lowest BCUT2D eigenvalue weighted by atomic mass is 9.79. The number of carbonyl (C=O) groups excluding carboxylic acids is 1. The summed E-state index contributed by atoms with van der Waals surface area (Å²) in [6, 6.07) is 1.30. The van der Waals surface area contributed by atoms with Gasteiger partial charge in [-0.2, -0.15) is 13.2 Å². The Morgan fingerprint density at radius 3 is 2.46 bits per heavy atom. The Bertz CT molecular complexity index is 1210. The van der Waals surface area contributed by atoms with E-state index in [1.165, 1.54) is 0 Å². The number of amides is 1. The van der Waals surface area contributed by atoms with Gasteiger partial charge in [0.05, 0.1) is 18.4 Å². The van der Waals surface area contributed by atoms with Crippen LogP contribution in [0.2, 0.25) is 0 Å². The minimum absolute atomic E-state index is 0.00840. The number of alkyl halides is 3. The van der Waals surface area contributed by atoms with Crippen molar-refractivity contribution in [3.63, 3.8) is 0 Å². The molecule has 1 unspecified atom stereocenters. The Balaban J connectivity index is 1.91. The molecule has 192 valence electrons. The van der Waals surface area contributed by atoms with Gasteiger partial charge in [0.15, 0.2) is 0 Å². The number of pyridine rings is 1. The quantitative estimate of drug-likeness (QED) is 0.656. The second-order valence-corrected chi connectivity index (χ2v) is 10.6. The third-order valence-electron chi connectivity index (χ3n) is 5.28. The van der Waals surface area contributed by atoms with E-state index in [4.69, 9.17) is 14.1 Å². The molecule has 8 nitrogen and oxygen atoms in total. The first-order valence-electron chi connectivity index (χ1n) is 11.3. The number of alkyl carbamates (subject to hydrolysis) is 1. The van der Waals surface area contributed by atoms with Crippen LogP contribution in [0.25, 0.3) is 23.2 Å². The minimum atomic E-state index is -4.29. The van der Waals surface area contributed by atoms with E-state index in [1.807, 2.05) is 27.7 Å². The summed E-state index contributed by atoms with van der Waals surface area (Å²) in [4.78, 5) is 16.6. The maximum Gasteiger partial charge on any atom is 0.408 e. The molecule has 0 saturated heterocycles.